The van der Waals surface area contributed by atoms with E-state index in [-0.39, 0.29) is 16.6 Å². The summed E-state index contributed by atoms with van der Waals surface area (Å²) in [6, 6.07) is 6.05. The summed E-state index contributed by atoms with van der Waals surface area (Å²) in [4.78, 5) is 13.4. The van der Waals surface area contributed by atoms with Gasteiger partial charge in [0.25, 0.3) is 5.03 Å². The van der Waals surface area contributed by atoms with E-state index >= 15 is 0 Å². The largest absolute Gasteiger partial charge is 0.393 e. The van der Waals surface area contributed by atoms with E-state index in [4.69, 9.17) is 10.3 Å². The van der Waals surface area contributed by atoms with E-state index in [9.17, 15) is 18.5 Å². The molecule has 2 aromatic rings. The number of anilines is 1. The van der Waals surface area contributed by atoms with Crippen LogP contribution >= 0.6 is 0 Å². The third-order valence-electron chi connectivity index (χ3n) is 2.30. The first-order valence-electron chi connectivity index (χ1n) is 4.62. The highest BCUT2D eigenvalue weighted by molar-refractivity contribution is 7.85. The topological polar surface area (TPSA) is 136 Å². The molecule has 0 unspecified atom stereocenters. The van der Waals surface area contributed by atoms with Gasteiger partial charge in [-0.05, 0) is 6.07 Å². The Labute approximate surface area is 101 Å². The summed E-state index contributed by atoms with van der Waals surface area (Å²) in [5.74, 6) is 0. The molecule has 18 heavy (non-hydrogen) atoms. The molecule has 0 aliphatic rings. The van der Waals surface area contributed by atoms with Crippen LogP contribution in [0.1, 0.15) is 0 Å². The van der Waals surface area contributed by atoms with Gasteiger partial charge in [0.15, 0.2) is 0 Å². The van der Waals surface area contributed by atoms with Gasteiger partial charge in [0, 0.05) is 5.39 Å². The first-order chi connectivity index (χ1) is 8.32. The van der Waals surface area contributed by atoms with Crippen molar-refractivity contribution in [3.8, 4) is 0 Å². The minimum atomic E-state index is -4.83. The fraction of sp³-hybridized carbons (Fsp3) is 0. The van der Waals surface area contributed by atoms with Crippen molar-refractivity contribution in [3.05, 3.63) is 34.4 Å². The van der Waals surface area contributed by atoms with Gasteiger partial charge in [-0.2, -0.15) is 8.42 Å². The second-order valence-corrected chi connectivity index (χ2v) is 4.77. The molecule has 1 heterocycles. The first-order valence-corrected chi connectivity index (χ1v) is 6.06. The first kappa shape index (κ1) is 12.2. The maximum atomic E-state index is 11.1. The maximum absolute atomic E-state index is 11.1. The number of rotatable bonds is 2. The molecule has 3 N–H and O–H groups in total. The zero-order chi connectivity index (χ0) is 13.5. The van der Waals surface area contributed by atoms with Gasteiger partial charge in [-0.25, -0.2) is 4.98 Å². The number of benzene rings is 1. The number of nitro groups is 1. The lowest BCUT2D eigenvalue weighted by Crippen LogP contribution is -2.09. The Hall–Kier alpha value is -2.26. The monoisotopic (exact) mass is 269 g/mol. The normalized spacial score (nSPS) is 11.6. The maximum Gasteiger partial charge on any atom is 0.332 e. The van der Waals surface area contributed by atoms with Gasteiger partial charge in [-0.15, -0.1) is 0 Å². The third kappa shape index (κ3) is 1.85. The van der Waals surface area contributed by atoms with E-state index in [1.165, 1.54) is 12.1 Å². The fourth-order valence-corrected chi connectivity index (χ4v) is 2.20. The van der Waals surface area contributed by atoms with E-state index in [2.05, 4.69) is 4.98 Å². The van der Waals surface area contributed by atoms with Gasteiger partial charge in [0.1, 0.15) is 5.69 Å². The summed E-state index contributed by atoms with van der Waals surface area (Å²) in [6.07, 6.45) is 0. The van der Waals surface area contributed by atoms with Crippen LogP contribution in [-0.4, -0.2) is 22.9 Å². The van der Waals surface area contributed by atoms with E-state index in [1.807, 2.05) is 0 Å². The Balaban J connectivity index is 3.02. The van der Waals surface area contributed by atoms with Crippen LogP contribution in [0.4, 0.5) is 11.4 Å². The van der Waals surface area contributed by atoms with Gasteiger partial charge in [-0.1, -0.05) is 18.2 Å². The Morgan fingerprint density at radius 3 is 2.50 bits per heavy atom. The molecule has 2 rings (SSSR count). The van der Waals surface area contributed by atoms with E-state index in [1.54, 1.807) is 12.1 Å². The third-order valence-corrected chi connectivity index (χ3v) is 3.07. The lowest BCUT2D eigenvalue weighted by molar-refractivity contribution is -0.387. The van der Waals surface area contributed by atoms with Crippen LogP contribution in [0.15, 0.2) is 29.3 Å². The van der Waals surface area contributed by atoms with Crippen molar-refractivity contribution in [1.82, 2.24) is 4.98 Å². The van der Waals surface area contributed by atoms with Gasteiger partial charge >= 0.3 is 15.8 Å². The molecule has 0 aliphatic carbocycles. The van der Waals surface area contributed by atoms with Crippen LogP contribution in [-0.2, 0) is 10.1 Å². The van der Waals surface area contributed by atoms with E-state index in [0.29, 0.717) is 0 Å². The SMILES string of the molecule is Nc1c([N+](=O)[O-])c(S(=O)(=O)O)nc2ccccc12. The molecule has 9 heteroatoms. The molecular formula is C9H7N3O5S. The van der Waals surface area contributed by atoms with Gasteiger partial charge in [-0.3, -0.25) is 14.7 Å². The van der Waals surface area contributed by atoms with Crippen LogP contribution in [0.25, 0.3) is 10.9 Å². The average Bonchev–Trinajstić information content (AvgIpc) is 2.27. The minimum absolute atomic E-state index is 0.147. The lowest BCUT2D eigenvalue weighted by atomic mass is 10.2. The number of pyridine rings is 1. The van der Waals surface area contributed by atoms with Gasteiger partial charge in [0.05, 0.1) is 10.4 Å². The molecule has 0 amide bonds. The standard InChI is InChI=1S/C9H7N3O5S/c10-7-5-3-1-2-4-6(5)11-9(18(15,16)17)8(7)12(13)14/h1-4H,(H2,10,11)(H,15,16,17). The molecular weight excluding hydrogens is 262 g/mol. The highest BCUT2D eigenvalue weighted by Crippen LogP contribution is 2.34. The second-order valence-electron chi connectivity index (χ2n) is 3.43. The number of hydrogen-bond donors (Lipinski definition) is 2. The van der Waals surface area contributed by atoms with Crippen LogP contribution in [0.3, 0.4) is 0 Å². The second kappa shape index (κ2) is 3.89. The summed E-state index contributed by atoms with van der Waals surface area (Å²) in [5.41, 5.74) is 4.44. The quantitative estimate of drug-likeness (QED) is 0.470. The Bertz CT molecular complexity index is 756. The lowest BCUT2D eigenvalue weighted by Gasteiger charge is -2.05. The van der Waals surface area contributed by atoms with Crippen molar-refractivity contribution < 1.29 is 17.9 Å². The molecule has 0 saturated heterocycles. The summed E-state index contributed by atoms with van der Waals surface area (Å²) >= 11 is 0. The number of nitrogens with zero attached hydrogens (tertiary/aromatic N) is 2. The van der Waals surface area contributed by atoms with Crippen LogP contribution in [0.2, 0.25) is 0 Å². The zero-order valence-electron chi connectivity index (χ0n) is 8.77. The predicted octanol–water partition coefficient (Wildman–Crippen LogP) is 0.972. The number of aromatic nitrogens is 1. The number of para-hydroxylation sites is 1. The van der Waals surface area contributed by atoms with Crippen LogP contribution in [0, 0.1) is 10.1 Å². The number of nitrogens with two attached hydrogens (primary N) is 1. The van der Waals surface area contributed by atoms with Crippen LogP contribution in [0.5, 0.6) is 0 Å². The molecule has 0 fully saturated rings. The summed E-state index contributed by atoms with van der Waals surface area (Å²) < 4.78 is 31.1. The molecule has 8 nitrogen and oxygen atoms in total. The predicted molar refractivity (Wildman–Crippen MR) is 62.6 cm³/mol. The van der Waals surface area contributed by atoms with E-state index < -0.39 is 25.8 Å². The zero-order valence-corrected chi connectivity index (χ0v) is 9.59. The summed E-state index contributed by atoms with van der Waals surface area (Å²) in [5, 5.41) is 10.0. The van der Waals surface area contributed by atoms with Crippen molar-refractivity contribution in [2.45, 2.75) is 5.03 Å². The summed E-state index contributed by atoms with van der Waals surface area (Å²) in [7, 11) is -4.83. The molecule has 0 aliphatic heterocycles. The van der Waals surface area contributed by atoms with Gasteiger partial charge < -0.3 is 5.73 Å². The molecule has 0 spiro atoms. The molecule has 94 valence electrons. The van der Waals surface area contributed by atoms with Crippen molar-refractivity contribution in [2.24, 2.45) is 0 Å². The highest BCUT2D eigenvalue weighted by atomic mass is 32.2. The minimum Gasteiger partial charge on any atom is -0.393 e. The molecule has 0 bridgehead atoms. The van der Waals surface area contributed by atoms with Crippen molar-refractivity contribution >= 4 is 32.4 Å². The molecule has 1 aromatic carbocycles. The van der Waals surface area contributed by atoms with Crippen molar-refractivity contribution in [3.63, 3.8) is 0 Å². The molecule has 1 aromatic heterocycles. The average molecular weight is 269 g/mol. The van der Waals surface area contributed by atoms with E-state index in [0.717, 1.165) is 0 Å². The Morgan fingerprint density at radius 2 is 1.94 bits per heavy atom. The highest BCUT2D eigenvalue weighted by Gasteiger charge is 2.30. The number of nitrogen functional groups attached to an aromatic ring is 1. The van der Waals surface area contributed by atoms with Crippen molar-refractivity contribution in [2.75, 3.05) is 5.73 Å². The Morgan fingerprint density at radius 1 is 1.33 bits per heavy atom. The molecule has 0 atom stereocenters. The molecule has 0 radical (unpaired) electrons. The number of fused-ring (bicyclic) bond motifs is 1. The van der Waals surface area contributed by atoms with Gasteiger partial charge in [0.2, 0.25) is 0 Å². The van der Waals surface area contributed by atoms with Crippen LogP contribution < -0.4 is 5.73 Å². The Kier molecular flexibility index (Phi) is 2.64. The number of hydrogen-bond acceptors (Lipinski definition) is 6. The smallest absolute Gasteiger partial charge is 0.332 e. The fourth-order valence-electron chi connectivity index (χ4n) is 1.56. The summed E-state index contributed by atoms with van der Waals surface area (Å²) in [6.45, 7) is 0. The van der Waals surface area contributed by atoms with Crippen molar-refractivity contribution in [1.29, 1.82) is 0 Å². The molecule has 0 saturated carbocycles.